The fourth-order valence-electron chi connectivity index (χ4n) is 3.88. The molecule has 1 aliphatic heterocycles. The maximum atomic E-state index is 5.49. The molecule has 0 N–H and O–H groups in total. The molecule has 150 valence electrons. The number of benzene rings is 3. The van der Waals surface area contributed by atoms with Crippen molar-refractivity contribution in [3.63, 3.8) is 0 Å². The lowest BCUT2D eigenvalue weighted by molar-refractivity contribution is 0.413. The molecule has 3 aromatic carbocycles. The summed E-state index contributed by atoms with van der Waals surface area (Å²) in [5.74, 6) is 2.58. The predicted molar refractivity (Wildman–Crippen MR) is 116 cm³/mol. The van der Waals surface area contributed by atoms with Gasteiger partial charge in [0, 0.05) is 24.5 Å². The van der Waals surface area contributed by atoms with Crippen LogP contribution in [0.5, 0.6) is 17.2 Å². The van der Waals surface area contributed by atoms with Gasteiger partial charge in [0.25, 0.3) is 0 Å². The summed E-state index contributed by atoms with van der Waals surface area (Å²) in [5.41, 5.74) is 3.51. The van der Waals surface area contributed by atoms with Crippen LogP contribution in [0.2, 0.25) is 0 Å². The quantitative estimate of drug-likeness (QED) is 0.607. The third-order valence-electron chi connectivity index (χ3n) is 5.37. The van der Waals surface area contributed by atoms with Crippen LogP contribution in [-0.4, -0.2) is 34.4 Å². The molecule has 1 heterocycles. The van der Waals surface area contributed by atoms with Crippen molar-refractivity contribution in [3.8, 4) is 17.2 Å². The third-order valence-corrected chi connectivity index (χ3v) is 5.37. The Balaban J connectivity index is 1.74. The van der Waals surface area contributed by atoms with Crippen LogP contribution in [0.25, 0.3) is 0 Å². The van der Waals surface area contributed by atoms with Crippen molar-refractivity contribution in [1.82, 2.24) is 0 Å². The molecule has 0 aliphatic carbocycles. The molecule has 5 nitrogen and oxygen atoms in total. The van der Waals surface area contributed by atoms with E-state index in [0.29, 0.717) is 0 Å². The van der Waals surface area contributed by atoms with E-state index < -0.39 is 0 Å². The Labute approximate surface area is 172 Å². The van der Waals surface area contributed by atoms with Crippen LogP contribution in [0.4, 0.5) is 11.4 Å². The van der Waals surface area contributed by atoms with Gasteiger partial charge >= 0.3 is 0 Å². The van der Waals surface area contributed by atoms with Gasteiger partial charge in [-0.3, -0.25) is 0 Å². The summed E-state index contributed by atoms with van der Waals surface area (Å²) in [6.45, 7) is 1.83. The van der Waals surface area contributed by atoms with Crippen molar-refractivity contribution in [2.75, 3.05) is 44.2 Å². The first-order valence-electron chi connectivity index (χ1n) is 9.69. The van der Waals surface area contributed by atoms with E-state index >= 15 is 0 Å². The second kappa shape index (κ2) is 8.35. The molecule has 1 fully saturated rings. The molecule has 29 heavy (non-hydrogen) atoms. The average Bonchev–Trinajstić information content (AvgIpc) is 3.24. The molecule has 1 saturated heterocycles. The maximum Gasteiger partial charge on any atom is 0.128 e. The number of nitrogens with zero attached hydrogens (tertiary/aromatic N) is 2. The van der Waals surface area contributed by atoms with Gasteiger partial charge in [-0.1, -0.05) is 12.1 Å². The van der Waals surface area contributed by atoms with Gasteiger partial charge in [-0.2, -0.15) is 0 Å². The minimum Gasteiger partial charge on any atom is -0.497 e. The zero-order valence-electron chi connectivity index (χ0n) is 17.0. The summed E-state index contributed by atoms with van der Waals surface area (Å²) in [6.07, 6.45) is 0.0619. The zero-order valence-corrected chi connectivity index (χ0v) is 17.0. The predicted octanol–water partition coefficient (Wildman–Crippen LogP) is 4.74. The summed E-state index contributed by atoms with van der Waals surface area (Å²) in [7, 11) is 5.08. The van der Waals surface area contributed by atoms with Gasteiger partial charge in [-0.25, -0.2) is 0 Å². The van der Waals surface area contributed by atoms with Crippen molar-refractivity contribution in [1.29, 1.82) is 0 Å². The second-order valence-corrected chi connectivity index (χ2v) is 6.93. The van der Waals surface area contributed by atoms with Gasteiger partial charge < -0.3 is 24.0 Å². The summed E-state index contributed by atoms with van der Waals surface area (Å²) < 4.78 is 16.1. The molecule has 0 amide bonds. The normalized spacial score (nSPS) is 14.2. The van der Waals surface area contributed by atoms with E-state index in [9.17, 15) is 0 Å². The maximum absolute atomic E-state index is 5.49. The Morgan fingerprint density at radius 3 is 1.55 bits per heavy atom. The number of anilines is 2. The van der Waals surface area contributed by atoms with Crippen molar-refractivity contribution < 1.29 is 14.2 Å². The number of rotatable bonds is 6. The van der Waals surface area contributed by atoms with Crippen LogP contribution in [0.3, 0.4) is 0 Å². The van der Waals surface area contributed by atoms with E-state index in [0.717, 1.165) is 41.7 Å². The van der Waals surface area contributed by atoms with Crippen molar-refractivity contribution in [2.45, 2.75) is 6.17 Å². The van der Waals surface area contributed by atoms with Crippen molar-refractivity contribution in [3.05, 3.63) is 78.4 Å². The van der Waals surface area contributed by atoms with E-state index in [1.807, 2.05) is 36.4 Å². The van der Waals surface area contributed by atoms with Crippen LogP contribution in [0, 0.1) is 0 Å². The molecular formula is C24H26N2O3. The molecule has 5 heteroatoms. The van der Waals surface area contributed by atoms with Gasteiger partial charge in [-0.05, 0) is 66.2 Å². The minimum atomic E-state index is 0.0619. The van der Waals surface area contributed by atoms with E-state index in [1.165, 1.54) is 5.56 Å². The fraction of sp³-hybridized carbons (Fsp3) is 0.250. The second-order valence-electron chi connectivity index (χ2n) is 6.93. The SMILES string of the molecule is COc1ccc(N2CCN(c3ccc(OC)cc3)C2c2cccc(OC)c2)cc1. The molecule has 1 aliphatic rings. The monoisotopic (exact) mass is 390 g/mol. The molecule has 4 rings (SSSR count). The molecule has 0 aromatic heterocycles. The van der Waals surface area contributed by atoms with Crippen LogP contribution >= 0.6 is 0 Å². The fourth-order valence-corrected chi connectivity index (χ4v) is 3.88. The molecule has 0 bridgehead atoms. The molecule has 0 saturated carbocycles. The Hall–Kier alpha value is -3.34. The third kappa shape index (κ3) is 3.81. The first-order valence-corrected chi connectivity index (χ1v) is 9.69. The minimum absolute atomic E-state index is 0.0619. The van der Waals surface area contributed by atoms with Gasteiger partial charge in [0.15, 0.2) is 0 Å². The van der Waals surface area contributed by atoms with Gasteiger partial charge in [0.05, 0.1) is 21.3 Å². The molecule has 0 radical (unpaired) electrons. The van der Waals surface area contributed by atoms with E-state index in [-0.39, 0.29) is 6.17 Å². The smallest absolute Gasteiger partial charge is 0.128 e. The summed E-state index contributed by atoms with van der Waals surface area (Å²) in [5, 5.41) is 0. The van der Waals surface area contributed by atoms with E-state index in [1.54, 1.807) is 21.3 Å². The highest BCUT2D eigenvalue weighted by Gasteiger charge is 2.34. The molecular weight excluding hydrogens is 364 g/mol. The highest BCUT2D eigenvalue weighted by atomic mass is 16.5. The van der Waals surface area contributed by atoms with E-state index in [4.69, 9.17) is 14.2 Å². The van der Waals surface area contributed by atoms with Crippen molar-refractivity contribution >= 4 is 11.4 Å². The Bertz CT molecular complexity index is 886. The first kappa shape index (κ1) is 19.0. The molecule has 0 spiro atoms. The van der Waals surface area contributed by atoms with Crippen LogP contribution in [0.15, 0.2) is 72.8 Å². The summed E-state index contributed by atoms with van der Waals surface area (Å²) >= 11 is 0. The largest absolute Gasteiger partial charge is 0.497 e. The van der Waals surface area contributed by atoms with E-state index in [2.05, 4.69) is 46.2 Å². The molecule has 0 atom stereocenters. The topological polar surface area (TPSA) is 34.2 Å². The lowest BCUT2D eigenvalue weighted by Crippen LogP contribution is -2.30. The number of methoxy groups -OCH3 is 3. The zero-order chi connectivity index (χ0) is 20.2. The van der Waals surface area contributed by atoms with Gasteiger partial charge in [-0.15, -0.1) is 0 Å². The Kier molecular flexibility index (Phi) is 5.47. The van der Waals surface area contributed by atoms with Crippen molar-refractivity contribution in [2.24, 2.45) is 0 Å². The van der Waals surface area contributed by atoms with Crippen LogP contribution in [0.1, 0.15) is 11.7 Å². The lowest BCUT2D eigenvalue weighted by atomic mass is 10.1. The number of hydrogen-bond donors (Lipinski definition) is 0. The molecule has 0 unspecified atom stereocenters. The summed E-state index contributed by atoms with van der Waals surface area (Å²) in [6, 6.07) is 24.8. The van der Waals surface area contributed by atoms with Crippen LogP contribution in [-0.2, 0) is 0 Å². The number of hydrogen-bond acceptors (Lipinski definition) is 5. The van der Waals surface area contributed by atoms with Gasteiger partial charge in [0.1, 0.15) is 23.4 Å². The summed E-state index contributed by atoms with van der Waals surface area (Å²) in [4.78, 5) is 4.83. The standard InChI is InChI=1S/C24H26N2O3/c1-27-21-11-7-19(8-12-21)25-15-16-26(20-9-13-22(28-2)14-10-20)24(25)18-5-4-6-23(17-18)29-3/h4-14,17,24H,15-16H2,1-3H3. The van der Waals surface area contributed by atoms with Crippen LogP contribution < -0.4 is 24.0 Å². The first-order chi connectivity index (χ1) is 14.2. The Morgan fingerprint density at radius 1 is 0.621 bits per heavy atom. The number of ether oxygens (including phenoxy) is 3. The lowest BCUT2D eigenvalue weighted by Gasteiger charge is -2.33. The molecule has 3 aromatic rings. The highest BCUT2D eigenvalue weighted by molar-refractivity contribution is 5.60. The Morgan fingerprint density at radius 2 is 1.10 bits per heavy atom. The van der Waals surface area contributed by atoms with Gasteiger partial charge in [0.2, 0.25) is 0 Å². The highest BCUT2D eigenvalue weighted by Crippen LogP contribution is 2.39. The average molecular weight is 390 g/mol.